The van der Waals surface area contributed by atoms with Gasteiger partial charge in [-0.25, -0.2) is 0 Å². The van der Waals surface area contributed by atoms with Crippen LogP contribution in [0.25, 0.3) is 0 Å². The number of ether oxygens (including phenoxy) is 1. The Kier molecular flexibility index (Phi) is 2.80. The van der Waals surface area contributed by atoms with Gasteiger partial charge in [-0.2, -0.15) is 0 Å². The van der Waals surface area contributed by atoms with Crippen molar-refractivity contribution in [2.75, 3.05) is 13.2 Å². The second-order valence-corrected chi connectivity index (χ2v) is 2.42. The van der Waals surface area contributed by atoms with Gasteiger partial charge < -0.3 is 25.2 Å². The molecule has 0 aromatic rings. The smallest absolute Gasteiger partial charge is 0.159 e. The van der Waals surface area contributed by atoms with Gasteiger partial charge in [0.25, 0.3) is 0 Å². The summed E-state index contributed by atoms with van der Waals surface area (Å²) in [5.74, 6) is 0. The lowest BCUT2D eigenvalue weighted by Gasteiger charge is -2.17. The summed E-state index contributed by atoms with van der Waals surface area (Å²) in [6.07, 6.45) is -3.44. The minimum Gasteiger partial charge on any atom is -0.394 e. The minimum absolute atomic E-state index is 0.0342. The van der Waals surface area contributed by atoms with Crippen molar-refractivity contribution in [1.29, 1.82) is 0 Å². The Morgan fingerprint density at radius 1 is 1.55 bits per heavy atom. The van der Waals surface area contributed by atoms with Crippen LogP contribution in [0.15, 0.2) is 0 Å². The molecule has 1 fully saturated rings. The van der Waals surface area contributed by atoms with E-state index in [2.05, 4.69) is 0 Å². The SMILES string of the molecule is OC[C@H](O)[C]1OC[C@H](O)[C@@H]1O. The number of aliphatic hydroxyl groups is 4. The first-order valence-electron chi connectivity index (χ1n) is 3.31. The Hall–Kier alpha value is -0.200. The Bertz CT molecular complexity index is 128. The van der Waals surface area contributed by atoms with E-state index in [1.807, 2.05) is 0 Å². The van der Waals surface area contributed by atoms with Crippen LogP contribution in [-0.4, -0.2) is 52.0 Å². The Morgan fingerprint density at radius 2 is 2.18 bits per heavy atom. The molecular formula is C6H11O5. The van der Waals surface area contributed by atoms with Crippen molar-refractivity contribution in [1.82, 2.24) is 0 Å². The van der Waals surface area contributed by atoms with Gasteiger partial charge in [0.1, 0.15) is 18.3 Å². The van der Waals surface area contributed by atoms with Crippen molar-refractivity contribution >= 4 is 0 Å². The maximum absolute atomic E-state index is 9.08. The van der Waals surface area contributed by atoms with Gasteiger partial charge in [-0.3, -0.25) is 0 Å². The molecule has 0 unspecified atom stereocenters. The second-order valence-electron chi connectivity index (χ2n) is 2.42. The van der Waals surface area contributed by atoms with Crippen molar-refractivity contribution in [3.8, 4) is 0 Å². The highest BCUT2D eigenvalue weighted by Crippen LogP contribution is 2.23. The third-order valence-electron chi connectivity index (χ3n) is 1.58. The zero-order chi connectivity index (χ0) is 8.43. The zero-order valence-electron chi connectivity index (χ0n) is 5.84. The quantitative estimate of drug-likeness (QED) is 0.365. The van der Waals surface area contributed by atoms with Gasteiger partial charge in [-0.15, -0.1) is 0 Å². The molecule has 0 saturated carbocycles. The standard InChI is InChI=1S/C6H11O5/c7-1-3(8)6-5(10)4(9)2-11-6/h3-5,7-10H,1-2H2/t3-,4-,5-/m0/s1. The molecule has 1 saturated heterocycles. The Labute approximate surface area is 63.8 Å². The molecule has 0 aliphatic carbocycles. The van der Waals surface area contributed by atoms with E-state index < -0.39 is 24.9 Å². The van der Waals surface area contributed by atoms with Gasteiger partial charge in [-0.1, -0.05) is 0 Å². The van der Waals surface area contributed by atoms with E-state index >= 15 is 0 Å². The molecule has 1 radical (unpaired) electrons. The van der Waals surface area contributed by atoms with Crippen LogP contribution in [0.1, 0.15) is 0 Å². The van der Waals surface area contributed by atoms with Gasteiger partial charge in [0.2, 0.25) is 0 Å². The topological polar surface area (TPSA) is 90.2 Å². The fraction of sp³-hybridized carbons (Fsp3) is 0.833. The summed E-state index contributed by atoms with van der Waals surface area (Å²) < 4.78 is 4.74. The molecule has 1 aliphatic rings. The van der Waals surface area contributed by atoms with Gasteiger partial charge in [0, 0.05) is 0 Å². The predicted octanol–water partition coefficient (Wildman–Crippen LogP) is -2.38. The van der Waals surface area contributed by atoms with E-state index in [4.69, 9.17) is 25.2 Å². The summed E-state index contributed by atoms with van der Waals surface area (Å²) in [6.45, 7) is -0.549. The van der Waals surface area contributed by atoms with Gasteiger partial charge in [0.15, 0.2) is 6.10 Å². The fourth-order valence-corrected chi connectivity index (χ4v) is 0.931. The lowest BCUT2D eigenvalue weighted by atomic mass is 10.1. The van der Waals surface area contributed by atoms with Crippen LogP contribution in [0.5, 0.6) is 0 Å². The second kappa shape index (κ2) is 3.46. The summed E-state index contributed by atoms with van der Waals surface area (Å²) in [4.78, 5) is 0. The predicted molar refractivity (Wildman–Crippen MR) is 34.3 cm³/mol. The minimum atomic E-state index is -1.21. The van der Waals surface area contributed by atoms with Gasteiger partial charge >= 0.3 is 0 Å². The molecule has 0 aromatic carbocycles. The highest BCUT2D eigenvalue weighted by Gasteiger charge is 2.39. The van der Waals surface area contributed by atoms with E-state index in [9.17, 15) is 0 Å². The fourth-order valence-electron chi connectivity index (χ4n) is 0.931. The maximum atomic E-state index is 9.08. The lowest BCUT2D eigenvalue weighted by Crippen LogP contribution is -2.33. The largest absolute Gasteiger partial charge is 0.394 e. The van der Waals surface area contributed by atoms with Crippen molar-refractivity contribution in [2.45, 2.75) is 18.3 Å². The third-order valence-corrected chi connectivity index (χ3v) is 1.58. The van der Waals surface area contributed by atoms with Crippen molar-refractivity contribution < 1.29 is 25.2 Å². The molecule has 4 N–H and O–H groups in total. The molecule has 65 valence electrons. The Balaban J connectivity index is 2.47. The molecule has 11 heavy (non-hydrogen) atoms. The molecule has 5 heteroatoms. The van der Waals surface area contributed by atoms with Crippen LogP contribution in [0, 0.1) is 6.10 Å². The van der Waals surface area contributed by atoms with Crippen LogP contribution in [0.2, 0.25) is 0 Å². The maximum Gasteiger partial charge on any atom is 0.159 e. The number of hydrogen-bond donors (Lipinski definition) is 4. The molecular weight excluding hydrogens is 152 g/mol. The van der Waals surface area contributed by atoms with Crippen molar-refractivity contribution in [3.05, 3.63) is 6.10 Å². The zero-order valence-corrected chi connectivity index (χ0v) is 5.84. The monoisotopic (exact) mass is 163 g/mol. The molecule has 1 aliphatic heterocycles. The summed E-state index contributed by atoms with van der Waals surface area (Å²) in [6, 6.07) is 0. The van der Waals surface area contributed by atoms with Crippen LogP contribution in [0.3, 0.4) is 0 Å². The first-order chi connectivity index (χ1) is 5.16. The molecule has 0 spiro atoms. The van der Waals surface area contributed by atoms with Gasteiger partial charge in [0.05, 0.1) is 13.2 Å². The van der Waals surface area contributed by atoms with Crippen LogP contribution in [-0.2, 0) is 4.74 Å². The summed E-state index contributed by atoms with van der Waals surface area (Å²) in [5, 5.41) is 35.4. The van der Waals surface area contributed by atoms with Gasteiger partial charge in [-0.05, 0) is 0 Å². The average molecular weight is 163 g/mol. The summed E-state index contributed by atoms with van der Waals surface area (Å²) >= 11 is 0. The lowest BCUT2D eigenvalue weighted by molar-refractivity contribution is -0.00256. The number of hydrogen-bond acceptors (Lipinski definition) is 5. The van der Waals surface area contributed by atoms with Crippen molar-refractivity contribution in [2.24, 2.45) is 0 Å². The third kappa shape index (κ3) is 1.69. The molecule has 0 bridgehead atoms. The van der Waals surface area contributed by atoms with Crippen LogP contribution >= 0.6 is 0 Å². The summed E-state index contributed by atoms with van der Waals surface area (Å²) in [7, 11) is 0. The Morgan fingerprint density at radius 3 is 2.55 bits per heavy atom. The van der Waals surface area contributed by atoms with E-state index in [0.717, 1.165) is 0 Å². The normalized spacial score (nSPS) is 36.0. The molecule has 3 atom stereocenters. The highest BCUT2D eigenvalue weighted by atomic mass is 16.5. The molecule has 1 heterocycles. The molecule has 1 rings (SSSR count). The van der Waals surface area contributed by atoms with Crippen molar-refractivity contribution in [3.63, 3.8) is 0 Å². The van der Waals surface area contributed by atoms with Crippen LogP contribution in [0.4, 0.5) is 0 Å². The summed E-state index contributed by atoms with van der Waals surface area (Å²) in [5.41, 5.74) is 0. The number of aliphatic hydroxyl groups excluding tert-OH is 4. The first kappa shape index (κ1) is 8.89. The number of rotatable bonds is 2. The van der Waals surface area contributed by atoms with Crippen LogP contribution < -0.4 is 0 Å². The first-order valence-corrected chi connectivity index (χ1v) is 3.31. The highest BCUT2D eigenvalue weighted by molar-refractivity contribution is 5.02. The van der Waals surface area contributed by atoms with E-state index in [0.29, 0.717) is 0 Å². The molecule has 0 amide bonds. The molecule has 0 aromatic heterocycles. The average Bonchev–Trinajstić information content (AvgIpc) is 2.32. The van der Waals surface area contributed by atoms with E-state index in [1.165, 1.54) is 0 Å². The molecule has 5 nitrogen and oxygen atoms in total. The van der Waals surface area contributed by atoms with E-state index in [1.54, 1.807) is 0 Å². The van der Waals surface area contributed by atoms with E-state index in [-0.39, 0.29) is 12.7 Å².